The molecule has 1 aliphatic heterocycles. The quantitative estimate of drug-likeness (QED) is 0.600. The number of para-hydroxylation sites is 2. The number of benzene rings is 2. The highest BCUT2D eigenvalue weighted by Gasteiger charge is 2.36. The van der Waals surface area contributed by atoms with Crippen LogP contribution in [0.3, 0.4) is 0 Å². The van der Waals surface area contributed by atoms with Crippen molar-refractivity contribution in [3.8, 4) is 0 Å². The molecule has 0 N–H and O–H groups in total. The Balaban J connectivity index is 1.75. The molecule has 0 unspecified atom stereocenters. The molecule has 1 amide bonds. The van der Waals surface area contributed by atoms with E-state index in [1.54, 1.807) is 0 Å². The maximum absolute atomic E-state index is 13.0. The van der Waals surface area contributed by atoms with E-state index in [-0.39, 0.29) is 11.8 Å². The fourth-order valence-electron chi connectivity index (χ4n) is 4.54. The standard InChI is InChI=1S/C24H27N3O/c1-15(2)13-26-21-9-7-6-8-20(21)25-24(26)19-12-22(28)27(14-19)23-17(4)10-16(3)11-18(23)5/h6-11,19H,1,12-14H2,2-5H3/t19-/m0/s1. The fraction of sp³-hybridized carbons (Fsp3) is 0.333. The van der Waals surface area contributed by atoms with Gasteiger partial charge in [0.15, 0.2) is 0 Å². The highest BCUT2D eigenvalue weighted by Crippen LogP contribution is 2.36. The average Bonchev–Trinajstić information content (AvgIpc) is 3.15. The third-order valence-electron chi connectivity index (χ3n) is 5.51. The number of nitrogens with zero attached hydrogens (tertiary/aromatic N) is 3. The lowest BCUT2D eigenvalue weighted by Crippen LogP contribution is -2.26. The summed E-state index contributed by atoms with van der Waals surface area (Å²) in [4.78, 5) is 19.8. The third kappa shape index (κ3) is 3.13. The lowest BCUT2D eigenvalue weighted by molar-refractivity contribution is -0.117. The zero-order valence-electron chi connectivity index (χ0n) is 17.1. The van der Waals surface area contributed by atoms with Gasteiger partial charge in [-0.2, -0.15) is 0 Å². The minimum absolute atomic E-state index is 0.0827. The van der Waals surface area contributed by atoms with Gasteiger partial charge in [-0.05, 0) is 51.0 Å². The Morgan fingerprint density at radius 1 is 1.18 bits per heavy atom. The van der Waals surface area contributed by atoms with Gasteiger partial charge in [0.05, 0.1) is 11.0 Å². The summed E-state index contributed by atoms with van der Waals surface area (Å²) in [5.74, 6) is 1.25. The number of carbonyl (C=O) groups is 1. The van der Waals surface area contributed by atoms with Crippen molar-refractivity contribution in [2.24, 2.45) is 0 Å². The maximum Gasteiger partial charge on any atom is 0.227 e. The van der Waals surface area contributed by atoms with E-state index >= 15 is 0 Å². The predicted molar refractivity (Wildman–Crippen MR) is 115 cm³/mol. The van der Waals surface area contributed by atoms with E-state index < -0.39 is 0 Å². The second-order valence-electron chi connectivity index (χ2n) is 8.15. The zero-order valence-corrected chi connectivity index (χ0v) is 17.1. The Morgan fingerprint density at radius 3 is 2.54 bits per heavy atom. The summed E-state index contributed by atoms with van der Waals surface area (Å²) in [6.07, 6.45) is 0.492. The Bertz CT molecular complexity index is 1070. The molecule has 4 heteroatoms. The fourth-order valence-corrected chi connectivity index (χ4v) is 4.54. The molecule has 1 aliphatic rings. The van der Waals surface area contributed by atoms with Crippen molar-refractivity contribution < 1.29 is 4.79 Å². The first kappa shape index (κ1) is 18.5. The van der Waals surface area contributed by atoms with E-state index in [9.17, 15) is 4.79 Å². The Kier molecular flexibility index (Phi) is 4.58. The lowest BCUT2D eigenvalue weighted by atomic mass is 10.0. The second kappa shape index (κ2) is 6.93. The molecule has 1 fully saturated rings. The third-order valence-corrected chi connectivity index (χ3v) is 5.51. The van der Waals surface area contributed by atoms with Gasteiger partial charge in [0, 0.05) is 31.1 Å². The van der Waals surface area contributed by atoms with Crippen LogP contribution in [-0.2, 0) is 11.3 Å². The number of rotatable bonds is 4. The molecule has 1 saturated heterocycles. The van der Waals surface area contributed by atoms with E-state index in [0.717, 1.165) is 45.8 Å². The number of fused-ring (bicyclic) bond motifs is 1. The highest BCUT2D eigenvalue weighted by atomic mass is 16.2. The largest absolute Gasteiger partial charge is 0.324 e. The van der Waals surface area contributed by atoms with Gasteiger partial charge in [-0.15, -0.1) is 0 Å². The molecule has 2 heterocycles. The molecular weight excluding hydrogens is 346 g/mol. The van der Waals surface area contributed by atoms with Crippen LogP contribution in [0.25, 0.3) is 11.0 Å². The molecule has 4 nitrogen and oxygen atoms in total. The first-order valence-corrected chi connectivity index (χ1v) is 9.83. The normalized spacial score (nSPS) is 16.9. The SMILES string of the molecule is C=C(C)Cn1c([C@H]2CC(=O)N(c3c(C)cc(C)cc3C)C2)nc2ccccc21. The van der Waals surface area contributed by atoms with Crippen LogP contribution in [0, 0.1) is 20.8 Å². The van der Waals surface area contributed by atoms with Crippen LogP contribution in [0.15, 0.2) is 48.6 Å². The van der Waals surface area contributed by atoms with Gasteiger partial charge in [-0.25, -0.2) is 4.98 Å². The summed E-state index contributed by atoms with van der Waals surface area (Å²) in [5.41, 5.74) is 7.76. The Morgan fingerprint density at radius 2 is 1.86 bits per heavy atom. The first-order valence-electron chi connectivity index (χ1n) is 9.83. The van der Waals surface area contributed by atoms with Crippen molar-refractivity contribution in [3.63, 3.8) is 0 Å². The van der Waals surface area contributed by atoms with Gasteiger partial charge in [-0.1, -0.05) is 42.0 Å². The maximum atomic E-state index is 13.0. The number of anilines is 1. The van der Waals surface area contributed by atoms with E-state index in [0.29, 0.717) is 13.0 Å². The van der Waals surface area contributed by atoms with E-state index in [2.05, 4.69) is 50.1 Å². The number of imidazole rings is 1. The summed E-state index contributed by atoms with van der Waals surface area (Å²) in [5, 5.41) is 0. The number of aromatic nitrogens is 2. The van der Waals surface area contributed by atoms with Crippen LogP contribution in [-0.4, -0.2) is 22.0 Å². The second-order valence-corrected chi connectivity index (χ2v) is 8.15. The van der Waals surface area contributed by atoms with Gasteiger partial charge in [-0.3, -0.25) is 4.79 Å². The minimum atomic E-state index is 0.0827. The molecule has 28 heavy (non-hydrogen) atoms. The van der Waals surface area contributed by atoms with Gasteiger partial charge in [0.1, 0.15) is 5.82 Å². The van der Waals surface area contributed by atoms with Crippen molar-refractivity contribution >= 4 is 22.6 Å². The van der Waals surface area contributed by atoms with Crippen LogP contribution in [0.5, 0.6) is 0 Å². The van der Waals surface area contributed by atoms with Crippen LogP contribution in [0.4, 0.5) is 5.69 Å². The zero-order chi connectivity index (χ0) is 20.0. The van der Waals surface area contributed by atoms with E-state index in [1.165, 1.54) is 5.56 Å². The average molecular weight is 374 g/mol. The first-order chi connectivity index (χ1) is 13.3. The summed E-state index contributed by atoms with van der Waals surface area (Å²) >= 11 is 0. The topological polar surface area (TPSA) is 38.1 Å². The van der Waals surface area contributed by atoms with Crippen molar-refractivity contribution in [2.45, 2.75) is 46.6 Å². The van der Waals surface area contributed by atoms with E-state index in [4.69, 9.17) is 4.98 Å². The van der Waals surface area contributed by atoms with Gasteiger partial charge in [0.2, 0.25) is 5.91 Å². The molecule has 3 aromatic rings. The number of carbonyl (C=O) groups excluding carboxylic acids is 1. The van der Waals surface area contributed by atoms with Crippen molar-refractivity contribution in [1.82, 2.24) is 9.55 Å². The number of amides is 1. The molecule has 1 aromatic heterocycles. The molecule has 0 saturated carbocycles. The summed E-state index contributed by atoms with van der Waals surface area (Å²) < 4.78 is 2.23. The molecule has 144 valence electrons. The molecule has 1 atom stereocenters. The van der Waals surface area contributed by atoms with Crippen molar-refractivity contribution in [3.05, 3.63) is 71.1 Å². The minimum Gasteiger partial charge on any atom is -0.324 e. The number of hydrogen-bond donors (Lipinski definition) is 0. The van der Waals surface area contributed by atoms with Crippen molar-refractivity contribution in [2.75, 3.05) is 11.4 Å². The highest BCUT2D eigenvalue weighted by molar-refractivity contribution is 5.98. The van der Waals surface area contributed by atoms with Gasteiger partial charge in [0.25, 0.3) is 0 Å². The molecule has 4 rings (SSSR count). The number of aryl methyl sites for hydroxylation is 3. The van der Waals surface area contributed by atoms with Gasteiger partial charge < -0.3 is 9.47 Å². The van der Waals surface area contributed by atoms with Gasteiger partial charge >= 0.3 is 0 Å². The van der Waals surface area contributed by atoms with E-state index in [1.807, 2.05) is 30.0 Å². The number of allylic oxidation sites excluding steroid dienone is 1. The number of hydrogen-bond acceptors (Lipinski definition) is 2. The van der Waals surface area contributed by atoms with Crippen LogP contribution < -0.4 is 4.90 Å². The summed E-state index contributed by atoms with van der Waals surface area (Å²) in [6.45, 7) is 13.8. The van der Waals surface area contributed by atoms with Crippen LogP contribution in [0.2, 0.25) is 0 Å². The Labute approximate surface area is 166 Å². The smallest absolute Gasteiger partial charge is 0.227 e. The molecule has 0 radical (unpaired) electrons. The summed E-state index contributed by atoms with van der Waals surface area (Å²) in [6, 6.07) is 12.5. The summed E-state index contributed by atoms with van der Waals surface area (Å²) in [7, 11) is 0. The molecular formula is C24H27N3O. The van der Waals surface area contributed by atoms with Crippen molar-refractivity contribution in [1.29, 1.82) is 0 Å². The lowest BCUT2D eigenvalue weighted by Gasteiger charge is -2.22. The molecule has 0 spiro atoms. The predicted octanol–water partition coefficient (Wildman–Crippen LogP) is 5.06. The molecule has 0 bridgehead atoms. The van der Waals surface area contributed by atoms with Crippen LogP contribution >= 0.6 is 0 Å². The van der Waals surface area contributed by atoms with Crippen LogP contribution in [0.1, 0.15) is 41.8 Å². The molecule has 0 aliphatic carbocycles. The Hall–Kier alpha value is -2.88. The molecule has 2 aromatic carbocycles. The monoisotopic (exact) mass is 373 g/mol.